The number of anilines is 1. The topological polar surface area (TPSA) is 76.9 Å². The zero-order valence-electron chi connectivity index (χ0n) is 15.5. The summed E-state index contributed by atoms with van der Waals surface area (Å²) in [5.41, 5.74) is 2.27. The first-order valence-electron chi connectivity index (χ1n) is 9.16. The highest BCUT2D eigenvalue weighted by Crippen LogP contribution is 2.40. The third-order valence-corrected chi connectivity index (χ3v) is 5.30. The molecule has 1 aliphatic rings. The van der Waals surface area contributed by atoms with E-state index in [0.717, 1.165) is 24.4 Å². The van der Waals surface area contributed by atoms with Crippen molar-refractivity contribution in [3.8, 4) is 5.69 Å². The summed E-state index contributed by atoms with van der Waals surface area (Å²) in [4.78, 5) is 28.2. The molecule has 0 unspecified atom stereocenters. The van der Waals surface area contributed by atoms with Crippen LogP contribution in [0.25, 0.3) is 5.69 Å². The van der Waals surface area contributed by atoms with Crippen molar-refractivity contribution in [2.24, 2.45) is 0 Å². The molecule has 0 saturated heterocycles. The fraction of sp³-hybridized carbons (Fsp3) is 0.238. The van der Waals surface area contributed by atoms with Gasteiger partial charge in [0.15, 0.2) is 5.78 Å². The van der Waals surface area contributed by atoms with Crippen LogP contribution in [-0.2, 0) is 4.79 Å². The van der Waals surface area contributed by atoms with Gasteiger partial charge in [0, 0.05) is 17.2 Å². The number of carbonyl (C=O) groups is 2. The number of hydrogen-bond acceptors (Lipinski definition) is 5. The summed E-state index contributed by atoms with van der Waals surface area (Å²) >= 11 is 1.32. The molecule has 3 aromatic rings. The summed E-state index contributed by atoms with van der Waals surface area (Å²) in [6, 6.07) is 16.8. The molecule has 1 saturated carbocycles. The molecule has 28 heavy (non-hydrogen) atoms. The largest absolute Gasteiger partial charge is 0.325 e. The fourth-order valence-electron chi connectivity index (χ4n) is 2.85. The fourth-order valence-corrected chi connectivity index (χ4v) is 3.48. The monoisotopic (exact) mass is 392 g/mol. The third kappa shape index (κ3) is 4.31. The number of amides is 1. The Kier molecular flexibility index (Phi) is 5.25. The maximum atomic E-state index is 12.3. The number of nitrogens with one attached hydrogen (secondary N) is 1. The molecular formula is C21H20N4O2S. The van der Waals surface area contributed by atoms with Crippen LogP contribution in [0.4, 0.5) is 5.69 Å². The summed E-state index contributed by atoms with van der Waals surface area (Å²) in [6.07, 6.45) is 2.26. The quantitative estimate of drug-likeness (QED) is 0.484. The van der Waals surface area contributed by atoms with E-state index in [1.165, 1.54) is 18.7 Å². The van der Waals surface area contributed by atoms with E-state index in [4.69, 9.17) is 0 Å². The van der Waals surface area contributed by atoms with Gasteiger partial charge in [-0.3, -0.25) is 9.59 Å². The normalized spacial score (nSPS) is 13.3. The molecule has 4 rings (SSSR count). The minimum Gasteiger partial charge on any atom is -0.325 e. The lowest BCUT2D eigenvalue weighted by molar-refractivity contribution is -0.113. The molecule has 142 valence electrons. The van der Waals surface area contributed by atoms with Crippen molar-refractivity contribution in [1.82, 2.24) is 14.8 Å². The van der Waals surface area contributed by atoms with Crippen LogP contribution in [0.1, 0.15) is 41.9 Å². The van der Waals surface area contributed by atoms with Crippen LogP contribution >= 0.6 is 11.8 Å². The smallest absolute Gasteiger partial charge is 0.234 e. The first kappa shape index (κ1) is 18.4. The predicted octanol–water partition coefficient (Wildman–Crippen LogP) is 4.08. The third-order valence-electron chi connectivity index (χ3n) is 4.46. The summed E-state index contributed by atoms with van der Waals surface area (Å²) in [7, 11) is 0. The van der Waals surface area contributed by atoms with E-state index < -0.39 is 0 Å². The SMILES string of the molecule is CC(=O)c1ccc(NC(=O)CSc2nc(C3CC3)n(-c3ccccc3)n2)cc1. The van der Waals surface area contributed by atoms with Gasteiger partial charge in [-0.2, -0.15) is 0 Å². The Hall–Kier alpha value is -2.93. The van der Waals surface area contributed by atoms with Gasteiger partial charge >= 0.3 is 0 Å². The summed E-state index contributed by atoms with van der Waals surface area (Å²) in [6.45, 7) is 1.52. The van der Waals surface area contributed by atoms with E-state index >= 15 is 0 Å². The number of Topliss-reactive ketones (excluding diaryl/α,β-unsaturated/α-hetero) is 1. The van der Waals surface area contributed by atoms with E-state index in [-0.39, 0.29) is 17.4 Å². The molecule has 1 fully saturated rings. The minimum absolute atomic E-state index is 0.0000224. The van der Waals surface area contributed by atoms with Crippen molar-refractivity contribution in [3.63, 3.8) is 0 Å². The average molecular weight is 392 g/mol. The number of carbonyl (C=O) groups excluding carboxylic acids is 2. The van der Waals surface area contributed by atoms with Crippen molar-refractivity contribution in [1.29, 1.82) is 0 Å². The molecule has 1 aromatic heterocycles. The van der Waals surface area contributed by atoms with E-state index in [1.807, 2.05) is 35.0 Å². The Morgan fingerprint density at radius 1 is 1.11 bits per heavy atom. The Bertz CT molecular complexity index is 995. The van der Waals surface area contributed by atoms with Gasteiger partial charge in [-0.15, -0.1) is 5.10 Å². The van der Waals surface area contributed by atoms with Crippen molar-refractivity contribution in [2.45, 2.75) is 30.8 Å². The second-order valence-electron chi connectivity index (χ2n) is 6.74. The molecule has 0 bridgehead atoms. The number of benzene rings is 2. The van der Waals surface area contributed by atoms with Crippen molar-refractivity contribution in [3.05, 3.63) is 66.0 Å². The van der Waals surface area contributed by atoms with Gasteiger partial charge in [-0.05, 0) is 56.2 Å². The molecule has 1 amide bonds. The van der Waals surface area contributed by atoms with E-state index in [2.05, 4.69) is 15.4 Å². The number of para-hydroxylation sites is 1. The second-order valence-corrected chi connectivity index (χ2v) is 7.69. The maximum absolute atomic E-state index is 12.3. The van der Waals surface area contributed by atoms with Crippen LogP contribution in [0, 0.1) is 0 Å². The van der Waals surface area contributed by atoms with Crippen LogP contribution < -0.4 is 5.32 Å². The molecule has 7 heteroatoms. The number of thioether (sulfide) groups is 1. The molecule has 0 aliphatic heterocycles. The van der Waals surface area contributed by atoms with Crippen LogP contribution in [0.2, 0.25) is 0 Å². The molecule has 2 aromatic carbocycles. The van der Waals surface area contributed by atoms with Gasteiger partial charge in [0.1, 0.15) is 5.82 Å². The molecule has 1 heterocycles. The Labute approximate surface area is 167 Å². The lowest BCUT2D eigenvalue weighted by Crippen LogP contribution is -2.14. The van der Waals surface area contributed by atoms with Gasteiger partial charge in [0.05, 0.1) is 11.4 Å². The first-order valence-corrected chi connectivity index (χ1v) is 10.1. The van der Waals surface area contributed by atoms with Crippen LogP contribution in [-0.4, -0.2) is 32.2 Å². The van der Waals surface area contributed by atoms with Gasteiger partial charge in [-0.1, -0.05) is 30.0 Å². The highest BCUT2D eigenvalue weighted by Gasteiger charge is 2.30. The molecule has 1 aliphatic carbocycles. The zero-order chi connectivity index (χ0) is 19.5. The lowest BCUT2D eigenvalue weighted by atomic mass is 10.1. The van der Waals surface area contributed by atoms with E-state index in [9.17, 15) is 9.59 Å². The standard InChI is InChI=1S/C21H20N4O2S/c1-14(26)15-9-11-17(12-10-15)22-19(27)13-28-21-23-20(16-7-8-16)25(24-21)18-5-3-2-4-6-18/h2-6,9-12,16H,7-8,13H2,1H3,(H,22,27). The first-order chi connectivity index (χ1) is 13.6. The predicted molar refractivity (Wildman–Crippen MR) is 109 cm³/mol. The van der Waals surface area contributed by atoms with Gasteiger partial charge in [-0.25, -0.2) is 9.67 Å². The Morgan fingerprint density at radius 2 is 1.82 bits per heavy atom. The average Bonchev–Trinajstić information content (AvgIpc) is 3.47. The summed E-state index contributed by atoms with van der Waals surface area (Å²) < 4.78 is 1.89. The van der Waals surface area contributed by atoms with E-state index in [0.29, 0.717) is 22.3 Å². The van der Waals surface area contributed by atoms with Crippen LogP contribution in [0.5, 0.6) is 0 Å². The number of rotatable bonds is 7. The maximum Gasteiger partial charge on any atom is 0.234 e. The Balaban J connectivity index is 1.40. The number of hydrogen-bond donors (Lipinski definition) is 1. The van der Waals surface area contributed by atoms with Gasteiger partial charge < -0.3 is 5.32 Å². The second kappa shape index (κ2) is 7.98. The lowest BCUT2D eigenvalue weighted by Gasteiger charge is -2.04. The number of aromatic nitrogens is 3. The van der Waals surface area contributed by atoms with E-state index in [1.54, 1.807) is 24.3 Å². The number of nitrogens with zero attached hydrogens (tertiary/aromatic N) is 3. The molecular weight excluding hydrogens is 372 g/mol. The van der Waals surface area contributed by atoms with Gasteiger partial charge in [0.2, 0.25) is 11.1 Å². The van der Waals surface area contributed by atoms with Crippen molar-refractivity contribution < 1.29 is 9.59 Å². The minimum atomic E-state index is -0.135. The van der Waals surface area contributed by atoms with Crippen LogP contribution in [0.3, 0.4) is 0 Å². The highest BCUT2D eigenvalue weighted by atomic mass is 32.2. The number of ketones is 1. The molecule has 0 atom stereocenters. The molecule has 6 nitrogen and oxygen atoms in total. The molecule has 0 radical (unpaired) electrons. The summed E-state index contributed by atoms with van der Waals surface area (Å²) in [5, 5.41) is 8.04. The van der Waals surface area contributed by atoms with Crippen LogP contribution in [0.15, 0.2) is 59.8 Å². The van der Waals surface area contributed by atoms with Gasteiger partial charge in [0.25, 0.3) is 0 Å². The summed E-state index contributed by atoms with van der Waals surface area (Å²) in [5.74, 6) is 1.51. The Morgan fingerprint density at radius 3 is 2.46 bits per heavy atom. The van der Waals surface area contributed by atoms with Crippen molar-refractivity contribution in [2.75, 3.05) is 11.1 Å². The highest BCUT2D eigenvalue weighted by molar-refractivity contribution is 7.99. The van der Waals surface area contributed by atoms with Crippen molar-refractivity contribution >= 4 is 29.1 Å². The molecule has 1 N–H and O–H groups in total. The molecule has 0 spiro atoms. The zero-order valence-corrected chi connectivity index (χ0v) is 16.3.